The molecular formula is C10H18O. The van der Waals surface area contributed by atoms with Gasteiger partial charge in [-0.25, -0.2) is 0 Å². The van der Waals surface area contributed by atoms with Gasteiger partial charge in [-0.3, -0.25) is 0 Å². The molecule has 0 aromatic rings. The molecule has 0 aromatic heterocycles. The predicted molar refractivity (Wildman–Crippen MR) is 49.3 cm³/mol. The second-order valence-corrected chi connectivity index (χ2v) is 3.08. The number of hydrogen-bond donors (Lipinski definition) is 0. The molecule has 1 nitrogen and oxygen atoms in total. The molecule has 1 unspecified atom stereocenters. The van der Waals surface area contributed by atoms with Crippen molar-refractivity contribution in [3.05, 3.63) is 25.5 Å². The highest BCUT2D eigenvalue weighted by Crippen LogP contribution is 2.11. The molecule has 0 N–H and O–H groups in total. The van der Waals surface area contributed by atoms with Gasteiger partial charge in [0, 0.05) is 6.42 Å². The van der Waals surface area contributed by atoms with E-state index in [-0.39, 0.29) is 6.10 Å². The Hall–Kier alpha value is -0.720. The van der Waals surface area contributed by atoms with Gasteiger partial charge in [0.25, 0.3) is 0 Å². The summed E-state index contributed by atoms with van der Waals surface area (Å²) in [6.07, 6.45) is 5.64. The van der Waals surface area contributed by atoms with E-state index in [1.165, 1.54) is 6.26 Å². The molecule has 0 fully saturated rings. The summed E-state index contributed by atoms with van der Waals surface area (Å²) in [6.45, 7) is 11.6. The Bertz CT molecular complexity index is 106. The van der Waals surface area contributed by atoms with E-state index >= 15 is 0 Å². The summed E-state index contributed by atoms with van der Waals surface area (Å²) in [4.78, 5) is 0. The lowest BCUT2D eigenvalue weighted by atomic mass is 10.0. The van der Waals surface area contributed by atoms with Crippen molar-refractivity contribution in [1.29, 1.82) is 0 Å². The van der Waals surface area contributed by atoms with Gasteiger partial charge in [0.2, 0.25) is 0 Å². The Morgan fingerprint density at radius 2 is 2.00 bits per heavy atom. The minimum absolute atomic E-state index is 0.269. The first-order chi connectivity index (χ1) is 5.20. The van der Waals surface area contributed by atoms with Crippen LogP contribution in [-0.4, -0.2) is 6.10 Å². The Labute approximate surface area is 69.8 Å². The Morgan fingerprint density at radius 3 is 2.36 bits per heavy atom. The SMILES string of the molecule is C=CCC(CC(C)C)OC=C. The second-order valence-electron chi connectivity index (χ2n) is 3.08. The van der Waals surface area contributed by atoms with Crippen LogP contribution in [0, 0.1) is 5.92 Å². The molecule has 0 heterocycles. The molecule has 0 radical (unpaired) electrons. The van der Waals surface area contributed by atoms with Crippen molar-refractivity contribution in [2.75, 3.05) is 0 Å². The summed E-state index contributed by atoms with van der Waals surface area (Å²) in [5, 5.41) is 0. The van der Waals surface area contributed by atoms with Crippen LogP contribution in [0.3, 0.4) is 0 Å². The van der Waals surface area contributed by atoms with Crippen molar-refractivity contribution < 1.29 is 4.74 Å². The van der Waals surface area contributed by atoms with Crippen LogP contribution in [0.4, 0.5) is 0 Å². The van der Waals surface area contributed by atoms with Crippen LogP contribution < -0.4 is 0 Å². The summed E-state index contributed by atoms with van der Waals surface area (Å²) in [6, 6.07) is 0. The summed E-state index contributed by atoms with van der Waals surface area (Å²) >= 11 is 0. The first kappa shape index (κ1) is 10.3. The lowest BCUT2D eigenvalue weighted by Gasteiger charge is -2.16. The highest BCUT2D eigenvalue weighted by Gasteiger charge is 2.07. The maximum Gasteiger partial charge on any atom is 0.101 e. The third kappa shape index (κ3) is 5.71. The molecule has 64 valence electrons. The molecule has 0 rings (SSSR count). The molecule has 0 spiro atoms. The highest BCUT2D eigenvalue weighted by atomic mass is 16.5. The maximum absolute atomic E-state index is 5.29. The van der Waals surface area contributed by atoms with Crippen LogP contribution in [0.1, 0.15) is 26.7 Å². The van der Waals surface area contributed by atoms with Crippen molar-refractivity contribution in [3.8, 4) is 0 Å². The first-order valence-electron chi connectivity index (χ1n) is 4.08. The highest BCUT2D eigenvalue weighted by molar-refractivity contribution is 4.75. The first-order valence-corrected chi connectivity index (χ1v) is 4.08. The average molecular weight is 154 g/mol. The van der Waals surface area contributed by atoms with Crippen LogP contribution in [0.25, 0.3) is 0 Å². The van der Waals surface area contributed by atoms with Crippen LogP contribution >= 0.6 is 0 Å². The van der Waals surface area contributed by atoms with Gasteiger partial charge >= 0.3 is 0 Å². The molecule has 0 aliphatic heterocycles. The maximum atomic E-state index is 5.29. The molecule has 0 aromatic carbocycles. The standard InChI is InChI=1S/C10H18O/c1-5-7-10(11-6-2)8-9(3)4/h5-6,9-10H,1-2,7-8H2,3-4H3. The van der Waals surface area contributed by atoms with Gasteiger partial charge in [-0.2, -0.15) is 0 Å². The van der Waals surface area contributed by atoms with Gasteiger partial charge in [0.1, 0.15) is 6.10 Å². The minimum Gasteiger partial charge on any atom is -0.498 e. The molecule has 11 heavy (non-hydrogen) atoms. The Balaban J connectivity index is 3.67. The number of rotatable bonds is 6. The van der Waals surface area contributed by atoms with Crippen LogP contribution in [0.2, 0.25) is 0 Å². The van der Waals surface area contributed by atoms with Gasteiger partial charge in [-0.05, 0) is 12.3 Å². The second kappa shape index (κ2) is 6.02. The summed E-state index contributed by atoms with van der Waals surface area (Å²) in [5.41, 5.74) is 0. The van der Waals surface area contributed by atoms with Gasteiger partial charge in [0.15, 0.2) is 0 Å². The van der Waals surface area contributed by atoms with Gasteiger partial charge in [-0.15, -0.1) is 6.58 Å². The largest absolute Gasteiger partial charge is 0.498 e. The normalized spacial score (nSPS) is 12.6. The van der Waals surface area contributed by atoms with Crippen molar-refractivity contribution in [2.45, 2.75) is 32.8 Å². The molecule has 0 aliphatic rings. The number of ether oxygens (including phenoxy) is 1. The minimum atomic E-state index is 0.269. The third-order valence-corrected chi connectivity index (χ3v) is 1.45. The van der Waals surface area contributed by atoms with E-state index in [4.69, 9.17) is 4.74 Å². The fraction of sp³-hybridized carbons (Fsp3) is 0.600. The lowest BCUT2D eigenvalue weighted by molar-refractivity contribution is 0.126. The van der Waals surface area contributed by atoms with E-state index in [1.807, 2.05) is 6.08 Å². The third-order valence-electron chi connectivity index (χ3n) is 1.45. The van der Waals surface area contributed by atoms with Gasteiger partial charge < -0.3 is 4.74 Å². The smallest absolute Gasteiger partial charge is 0.101 e. The summed E-state index contributed by atoms with van der Waals surface area (Å²) < 4.78 is 5.29. The van der Waals surface area contributed by atoms with E-state index in [1.54, 1.807) is 0 Å². The van der Waals surface area contributed by atoms with Crippen molar-refractivity contribution in [3.63, 3.8) is 0 Å². The van der Waals surface area contributed by atoms with Crippen molar-refractivity contribution in [1.82, 2.24) is 0 Å². The molecule has 1 heteroatoms. The molecule has 1 atom stereocenters. The van der Waals surface area contributed by atoms with E-state index in [0.717, 1.165) is 12.8 Å². The predicted octanol–water partition coefficient (Wildman–Crippen LogP) is 3.14. The zero-order valence-corrected chi connectivity index (χ0v) is 7.55. The summed E-state index contributed by atoms with van der Waals surface area (Å²) in [7, 11) is 0. The van der Waals surface area contributed by atoms with Crippen molar-refractivity contribution in [2.24, 2.45) is 5.92 Å². The summed E-state index contributed by atoms with van der Waals surface area (Å²) in [5.74, 6) is 0.667. The molecule has 0 saturated carbocycles. The fourth-order valence-corrected chi connectivity index (χ4v) is 1.06. The molecule has 0 aliphatic carbocycles. The molecule has 0 amide bonds. The quantitative estimate of drug-likeness (QED) is 0.422. The Kier molecular flexibility index (Phi) is 5.63. The lowest BCUT2D eigenvalue weighted by Crippen LogP contribution is -2.11. The fourth-order valence-electron chi connectivity index (χ4n) is 1.06. The van der Waals surface area contributed by atoms with E-state index < -0.39 is 0 Å². The average Bonchev–Trinajstić information content (AvgIpc) is 1.87. The van der Waals surface area contributed by atoms with Crippen molar-refractivity contribution >= 4 is 0 Å². The van der Waals surface area contributed by atoms with Gasteiger partial charge in [0.05, 0.1) is 6.26 Å². The van der Waals surface area contributed by atoms with Crippen LogP contribution in [0.15, 0.2) is 25.5 Å². The Morgan fingerprint density at radius 1 is 1.36 bits per heavy atom. The van der Waals surface area contributed by atoms with Crippen LogP contribution in [-0.2, 0) is 4.74 Å². The topological polar surface area (TPSA) is 9.23 Å². The molecule has 0 saturated heterocycles. The van der Waals surface area contributed by atoms with E-state index in [2.05, 4.69) is 27.0 Å². The van der Waals surface area contributed by atoms with Gasteiger partial charge in [-0.1, -0.05) is 26.5 Å². The molecule has 0 bridgehead atoms. The zero-order valence-electron chi connectivity index (χ0n) is 7.55. The zero-order chi connectivity index (χ0) is 8.69. The molecular weight excluding hydrogens is 136 g/mol. The monoisotopic (exact) mass is 154 g/mol. The number of hydrogen-bond acceptors (Lipinski definition) is 1. The van der Waals surface area contributed by atoms with E-state index in [9.17, 15) is 0 Å². The van der Waals surface area contributed by atoms with E-state index in [0.29, 0.717) is 5.92 Å². The van der Waals surface area contributed by atoms with Crippen LogP contribution in [0.5, 0.6) is 0 Å².